The van der Waals surface area contributed by atoms with Crippen LogP contribution in [0.3, 0.4) is 0 Å². The van der Waals surface area contributed by atoms with Crippen molar-refractivity contribution in [3.63, 3.8) is 0 Å². The van der Waals surface area contributed by atoms with Gasteiger partial charge in [-0.25, -0.2) is 0 Å². The van der Waals surface area contributed by atoms with Crippen molar-refractivity contribution in [1.82, 2.24) is 0 Å². The van der Waals surface area contributed by atoms with Gasteiger partial charge in [0.05, 0.1) is 30.3 Å². The topological polar surface area (TPSA) is 44.8 Å². The Kier molecular flexibility index (Phi) is 4.29. The summed E-state index contributed by atoms with van der Waals surface area (Å²) in [5.74, 6) is 6.04. The molecule has 172 valence electrons. The van der Waals surface area contributed by atoms with Crippen molar-refractivity contribution < 1.29 is 19.0 Å². The van der Waals surface area contributed by atoms with Gasteiger partial charge in [0.2, 0.25) is 0 Å². The Labute approximate surface area is 187 Å². The minimum Gasteiger partial charge on any atom is -0.458 e. The monoisotopic (exact) mass is 428 g/mol. The standard InChI is InChI=1S/C27H40O4/c1-4-18-23-20-11-16(25(30-20)24(23)19(5-2)29-18)26(28)31-27(6-3)12-15-10-17(27)22-14-8-7-13(9-14)21(15)22/h13-25H,4-12H2,1-3H3. The van der Waals surface area contributed by atoms with Crippen LogP contribution in [0.5, 0.6) is 0 Å². The number of rotatable bonds is 5. The van der Waals surface area contributed by atoms with Crippen LogP contribution < -0.4 is 0 Å². The number of carbonyl (C=O) groups is 1. The molecule has 0 amide bonds. The molecule has 7 aliphatic rings. The summed E-state index contributed by atoms with van der Waals surface area (Å²) < 4.78 is 19.5. The number of esters is 1. The molecular formula is C27H40O4. The summed E-state index contributed by atoms with van der Waals surface area (Å²) in [6.45, 7) is 6.71. The molecular weight excluding hydrogens is 388 g/mol. The fourth-order valence-electron chi connectivity index (χ4n) is 10.7. The number of ether oxygens (including phenoxy) is 3. The number of fused-ring (bicyclic) bond motifs is 14. The lowest BCUT2D eigenvalue weighted by molar-refractivity contribution is -0.180. The second-order valence-electron chi connectivity index (χ2n) is 12.3. The first kappa shape index (κ1) is 19.8. The van der Waals surface area contributed by atoms with Crippen molar-refractivity contribution in [3.05, 3.63) is 0 Å². The highest BCUT2D eigenvalue weighted by Gasteiger charge is 2.69. The van der Waals surface area contributed by atoms with Crippen LogP contribution in [0.25, 0.3) is 0 Å². The van der Waals surface area contributed by atoms with Gasteiger partial charge in [0, 0.05) is 17.8 Å². The zero-order valence-electron chi connectivity index (χ0n) is 19.5. The van der Waals surface area contributed by atoms with Crippen LogP contribution in [0, 0.1) is 53.3 Å². The molecule has 0 spiro atoms. The highest BCUT2D eigenvalue weighted by atomic mass is 16.6. The van der Waals surface area contributed by atoms with Crippen molar-refractivity contribution in [2.24, 2.45) is 53.3 Å². The maximum atomic E-state index is 13.7. The van der Waals surface area contributed by atoms with Gasteiger partial charge in [0.25, 0.3) is 0 Å². The Morgan fingerprint density at radius 1 is 0.871 bits per heavy atom. The summed E-state index contributed by atoms with van der Waals surface area (Å²) >= 11 is 0. The first-order valence-electron chi connectivity index (χ1n) is 13.6. The van der Waals surface area contributed by atoms with Gasteiger partial charge in [-0.15, -0.1) is 0 Å². The van der Waals surface area contributed by atoms with Crippen molar-refractivity contribution in [1.29, 1.82) is 0 Å². The Bertz CT molecular complexity index is 766. The van der Waals surface area contributed by atoms with Gasteiger partial charge in [0.15, 0.2) is 0 Å². The molecule has 4 nitrogen and oxygen atoms in total. The molecule has 0 aromatic heterocycles. The lowest BCUT2D eigenvalue weighted by Gasteiger charge is -2.46. The molecule has 0 N–H and O–H groups in total. The molecule has 7 fully saturated rings. The predicted octanol–water partition coefficient (Wildman–Crippen LogP) is 4.99. The van der Waals surface area contributed by atoms with E-state index >= 15 is 0 Å². The molecule has 14 unspecified atom stereocenters. The third kappa shape index (κ3) is 2.42. The summed E-state index contributed by atoms with van der Waals surface area (Å²) in [7, 11) is 0. The Morgan fingerprint density at radius 3 is 2.35 bits per heavy atom. The van der Waals surface area contributed by atoms with E-state index in [9.17, 15) is 4.79 Å². The maximum absolute atomic E-state index is 13.7. The minimum atomic E-state index is -0.184. The third-order valence-electron chi connectivity index (χ3n) is 11.6. The largest absolute Gasteiger partial charge is 0.458 e. The summed E-state index contributed by atoms with van der Waals surface area (Å²) in [4.78, 5) is 13.7. The SMILES string of the molecule is CCC1OC(CC)C2C3OC(CC3C(=O)OC3(CC)CC4CC3C3C5CCC(C5)C43)C12. The van der Waals surface area contributed by atoms with E-state index < -0.39 is 0 Å². The van der Waals surface area contributed by atoms with Gasteiger partial charge >= 0.3 is 5.97 Å². The summed E-state index contributed by atoms with van der Waals surface area (Å²) in [5.41, 5.74) is -0.184. The first-order chi connectivity index (χ1) is 15.1. The van der Waals surface area contributed by atoms with Crippen LogP contribution >= 0.6 is 0 Å². The van der Waals surface area contributed by atoms with Crippen LogP contribution in [-0.4, -0.2) is 36.0 Å². The van der Waals surface area contributed by atoms with Gasteiger partial charge in [-0.1, -0.05) is 20.8 Å². The smallest absolute Gasteiger partial charge is 0.312 e. The molecule has 0 aromatic rings. The van der Waals surface area contributed by atoms with Gasteiger partial charge in [-0.2, -0.15) is 0 Å². The predicted molar refractivity (Wildman–Crippen MR) is 116 cm³/mol. The summed E-state index contributed by atoms with van der Waals surface area (Å²) in [6, 6.07) is 0. The highest BCUT2D eigenvalue weighted by molar-refractivity contribution is 5.74. The van der Waals surface area contributed by atoms with E-state index in [1.807, 2.05) is 0 Å². The molecule has 4 aliphatic carbocycles. The molecule has 3 aliphatic heterocycles. The molecule has 31 heavy (non-hydrogen) atoms. The zero-order chi connectivity index (χ0) is 21.1. The van der Waals surface area contributed by atoms with E-state index in [1.165, 1.54) is 25.7 Å². The van der Waals surface area contributed by atoms with Crippen LogP contribution in [0.4, 0.5) is 0 Å². The first-order valence-corrected chi connectivity index (χ1v) is 13.6. The average Bonchev–Trinajstić information content (AvgIpc) is 3.59. The van der Waals surface area contributed by atoms with E-state index in [0.29, 0.717) is 23.9 Å². The molecule has 3 saturated heterocycles. The molecule has 0 radical (unpaired) electrons. The van der Waals surface area contributed by atoms with Gasteiger partial charge < -0.3 is 14.2 Å². The molecule has 4 saturated carbocycles. The zero-order valence-corrected chi connectivity index (χ0v) is 19.5. The van der Waals surface area contributed by atoms with E-state index in [-0.39, 0.29) is 35.8 Å². The van der Waals surface area contributed by atoms with Crippen molar-refractivity contribution in [3.8, 4) is 0 Å². The van der Waals surface area contributed by atoms with Crippen LogP contribution in [0.2, 0.25) is 0 Å². The Morgan fingerprint density at radius 2 is 1.61 bits per heavy atom. The van der Waals surface area contributed by atoms with E-state index in [4.69, 9.17) is 14.2 Å². The lowest BCUT2D eigenvalue weighted by atomic mass is 9.65. The van der Waals surface area contributed by atoms with E-state index in [0.717, 1.165) is 61.7 Å². The maximum Gasteiger partial charge on any atom is 0.312 e. The van der Waals surface area contributed by atoms with Gasteiger partial charge in [-0.05, 0) is 87.4 Å². The van der Waals surface area contributed by atoms with Crippen molar-refractivity contribution in [2.45, 2.75) is 109 Å². The number of hydrogen-bond acceptors (Lipinski definition) is 4. The second-order valence-corrected chi connectivity index (χ2v) is 12.3. The average molecular weight is 429 g/mol. The van der Waals surface area contributed by atoms with Crippen LogP contribution in [0.15, 0.2) is 0 Å². The van der Waals surface area contributed by atoms with Crippen LogP contribution in [-0.2, 0) is 19.0 Å². The Balaban J connectivity index is 1.10. The fourth-order valence-corrected chi connectivity index (χ4v) is 10.7. The van der Waals surface area contributed by atoms with Crippen molar-refractivity contribution >= 4 is 5.97 Å². The third-order valence-corrected chi connectivity index (χ3v) is 11.6. The van der Waals surface area contributed by atoms with Gasteiger partial charge in [-0.3, -0.25) is 4.79 Å². The second kappa shape index (κ2) is 6.72. The molecule has 3 heterocycles. The van der Waals surface area contributed by atoms with Crippen LogP contribution in [0.1, 0.15) is 78.6 Å². The quantitative estimate of drug-likeness (QED) is 0.457. The number of hydrogen-bond donors (Lipinski definition) is 0. The molecule has 0 aromatic carbocycles. The van der Waals surface area contributed by atoms with E-state index in [1.54, 1.807) is 0 Å². The minimum absolute atomic E-state index is 0.0201. The summed E-state index contributed by atoms with van der Waals surface area (Å²) in [6.07, 6.45) is 11.5. The Hall–Kier alpha value is -0.610. The highest BCUT2D eigenvalue weighted by Crippen LogP contribution is 2.71. The normalized spacial score (nSPS) is 60.0. The molecule has 7 rings (SSSR count). The number of carbonyl (C=O) groups excluding carboxylic acids is 1. The van der Waals surface area contributed by atoms with E-state index in [2.05, 4.69) is 20.8 Å². The molecule has 14 atom stereocenters. The summed E-state index contributed by atoms with van der Waals surface area (Å²) in [5, 5.41) is 0. The van der Waals surface area contributed by atoms with Gasteiger partial charge in [0.1, 0.15) is 5.60 Å². The van der Waals surface area contributed by atoms with Crippen molar-refractivity contribution in [2.75, 3.05) is 0 Å². The fraction of sp³-hybridized carbons (Fsp3) is 0.963. The molecule has 6 bridgehead atoms. The molecule has 4 heteroatoms. The lowest BCUT2D eigenvalue weighted by Crippen LogP contribution is -2.50.